The number of hydrogen-bond donors (Lipinski definition) is 0. The van der Waals surface area contributed by atoms with Gasteiger partial charge in [-0.25, -0.2) is 14.2 Å². The summed E-state index contributed by atoms with van der Waals surface area (Å²) in [7, 11) is 3.01. The van der Waals surface area contributed by atoms with Gasteiger partial charge in [0, 0.05) is 19.7 Å². The summed E-state index contributed by atoms with van der Waals surface area (Å²) in [5.41, 5.74) is 0.967. The molecule has 1 aliphatic rings. The number of imidazole rings is 1. The molecule has 0 radical (unpaired) electrons. The number of aryl methyl sites for hydroxylation is 1. The monoisotopic (exact) mass is 370 g/mol. The maximum absolute atomic E-state index is 14.1. The molecule has 8 nitrogen and oxygen atoms in total. The van der Waals surface area contributed by atoms with Crippen LogP contribution in [0.3, 0.4) is 0 Å². The van der Waals surface area contributed by atoms with E-state index in [1.165, 1.54) is 17.7 Å². The Balaban J connectivity index is 1.98. The summed E-state index contributed by atoms with van der Waals surface area (Å²) in [5.74, 6) is 0.0691. The van der Waals surface area contributed by atoms with Crippen LogP contribution in [0.2, 0.25) is 0 Å². The van der Waals surface area contributed by atoms with Crippen molar-refractivity contribution >= 4 is 22.8 Å². The van der Waals surface area contributed by atoms with Gasteiger partial charge in [0.05, 0.1) is 18.3 Å². The zero-order valence-electron chi connectivity index (χ0n) is 15.5. The van der Waals surface area contributed by atoms with E-state index in [4.69, 9.17) is 0 Å². The van der Waals surface area contributed by atoms with Gasteiger partial charge in [-0.1, -0.05) is 18.2 Å². The number of aromatic nitrogens is 4. The molecule has 1 atom stereocenters. The summed E-state index contributed by atoms with van der Waals surface area (Å²) in [6.45, 7) is 3.92. The van der Waals surface area contributed by atoms with Crippen molar-refractivity contribution < 1.29 is 4.39 Å². The minimum absolute atomic E-state index is 0.161. The van der Waals surface area contributed by atoms with E-state index in [9.17, 15) is 14.0 Å². The van der Waals surface area contributed by atoms with Gasteiger partial charge in [0.15, 0.2) is 11.2 Å². The average Bonchev–Trinajstić information content (AvgIpc) is 3.05. The Bertz CT molecular complexity index is 1220. The van der Waals surface area contributed by atoms with Crippen molar-refractivity contribution in [2.24, 2.45) is 19.2 Å². The molecule has 1 aromatic carbocycles. The average molecular weight is 370 g/mol. The van der Waals surface area contributed by atoms with Crippen LogP contribution in [0.4, 0.5) is 10.3 Å². The molecule has 0 unspecified atom stereocenters. The predicted molar refractivity (Wildman–Crippen MR) is 101 cm³/mol. The van der Waals surface area contributed by atoms with Crippen LogP contribution in [-0.4, -0.2) is 24.4 Å². The normalized spacial score (nSPS) is 16.6. The summed E-state index contributed by atoms with van der Waals surface area (Å²) in [6, 6.07) is 6.23. The molecule has 0 fully saturated rings. The first-order valence-corrected chi connectivity index (χ1v) is 8.55. The molecule has 0 spiro atoms. The molecule has 140 valence electrons. The van der Waals surface area contributed by atoms with Crippen molar-refractivity contribution in [2.45, 2.75) is 26.4 Å². The molecule has 0 amide bonds. The number of rotatable bonds is 2. The fourth-order valence-corrected chi connectivity index (χ4v) is 3.35. The Labute approximate surface area is 153 Å². The molecule has 9 heteroatoms. The first-order chi connectivity index (χ1) is 12.8. The predicted octanol–water partition coefficient (Wildman–Crippen LogP) is 1.53. The molecule has 1 aliphatic heterocycles. The van der Waals surface area contributed by atoms with Crippen LogP contribution >= 0.6 is 0 Å². The Kier molecular flexibility index (Phi) is 3.76. The molecule has 3 heterocycles. The second-order valence-electron chi connectivity index (χ2n) is 6.73. The highest BCUT2D eigenvalue weighted by atomic mass is 19.1. The van der Waals surface area contributed by atoms with Crippen LogP contribution in [0.1, 0.15) is 25.5 Å². The Morgan fingerprint density at radius 3 is 2.56 bits per heavy atom. The number of hydrazone groups is 1. The van der Waals surface area contributed by atoms with Crippen LogP contribution in [0, 0.1) is 5.82 Å². The number of hydrogen-bond acceptors (Lipinski definition) is 5. The molecule has 27 heavy (non-hydrogen) atoms. The fraction of sp³-hybridized carbons (Fsp3) is 0.333. The van der Waals surface area contributed by atoms with Gasteiger partial charge in [-0.3, -0.25) is 18.5 Å². The lowest BCUT2D eigenvalue weighted by Crippen LogP contribution is -2.38. The highest BCUT2D eigenvalue weighted by molar-refractivity contribution is 5.91. The van der Waals surface area contributed by atoms with E-state index in [1.54, 1.807) is 34.8 Å². The second kappa shape index (κ2) is 5.90. The summed E-state index contributed by atoms with van der Waals surface area (Å²) < 4.78 is 18.3. The molecular weight excluding hydrogens is 351 g/mol. The van der Waals surface area contributed by atoms with E-state index in [0.717, 1.165) is 10.3 Å². The van der Waals surface area contributed by atoms with Crippen molar-refractivity contribution in [1.82, 2.24) is 18.7 Å². The lowest BCUT2D eigenvalue weighted by atomic mass is 10.2. The third kappa shape index (κ3) is 2.42. The molecule has 0 N–H and O–H groups in total. The number of benzene rings is 1. The topological polar surface area (TPSA) is 77.4 Å². The molecular formula is C18H19FN6O2. The maximum atomic E-state index is 14.1. The van der Waals surface area contributed by atoms with E-state index in [-0.39, 0.29) is 24.1 Å². The van der Waals surface area contributed by atoms with E-state index in [1.807, 2.05) is 13.8 Å². The standard InChI is InChI=1S/C18H19FN6O2/c1-10-11(2)25-14-15(22(3)18(27)23(4)16(14)26)20-17(25)24(21-10)9-12-7-5-6-8-13(12)19/h5-8,11H,9H2,1-4H3/t11-/m0/s1. The maximum Gasteiger partial charge on any atom is 0.332 e. The molecule has 0 saturated carbocycles. The SMILES string of the molecule is CC1=NN(Cc2ccccc2F)c2nc3c(c(=O)n(C)c(=O)n3C)n2[C@H]1C. The van der Waals surface area contributed by atoms with Gasteiger partial charge >= 0.3 is 5.69 Å². The quantitative estimate of drug-likeness (QED) is 0.685. The molecule has 3 aromatic rings. The van der Waals surface area contributed by atoms with Gasteiger partial charge in [0.1, 0.15) is 5.82 Å². The third-order valence-corrected chi connectivity index (χ3v) is 5.05. The highest BCUT2D eigenvalue weighted by Crippen LogP contribution is 2.31. The third-order valence-electron chi connectivity index (χ3n) is 5.05. The van der Waals surface area contributed by atoms with Crippen LogP contribution in [0.5, 0.6) is 0 Å². The zero-order chi connectivity index (χ0) is 19.5. The fourth-order valence-electron chi connectivity index (χ4n) is 3.35. The van der Waals surface area contributed by atoms with Crippen LogP contribution in [-0.2, 0) is 20.6 Å². The van der Waals surface area contributed by atoms with Crippen LogP contribution in [0.25, 0.3) is 11.2 Å². The minimum atomic E-state index is -0.450. The molecule has 0 bridgehead atoms. The van der Waals surface area contributed by atoms with Crippen molar-refractivity contribution in [1.29, 1.82) is 0 Å². The van der Waals surface area contributed by atoms with Crippen LogP contribution < -0.4 is 16.3 Å². The summed E-state index contributed by atoms with van der Waals surface area (Å²) in [4.78, 5) is 29.6. The van der Waals surface area contributed by atoms with E-state index < -0.39 is 11.2 Å². The van der Waals surface area contributed by atoms with E-state index in [2.05, 4.69) is 10.1 Å². The number of nitrogens with zero attached hydrogens (tertiary/aromatic N) is 6. The van der Waals surface area contributed by atoms with Crippen molar-refractivity contribution in [3.8, 4) is 0 Å². The Morgan fingerprint density at radius 2 is 1.85 bits per heavy atom. The lowest BCUT2D eigenvalue weighted by Gasteiger charge is -2.29. The van der Waals surface area contributed by atoms with Crippen LogP contribution in [0.15, 0.2) is 39.0 Å². The first-order valence-electron chi connectivity index (χ1n) is 8.55. The molecule has 0 saturated heterocycles. The van der Waals surface area contributed by atoms with Gasteiger partial charge in [-0.15, -0.1) is 0 Å². The summed E-state index contributed by atoms with van der Waals surface area (Å²) in [6.07, 6.45) is 0. The van der Waals surface area contributed by atoms with Gasteiger partial charge in [-0.2, -0.15) is 10.1 Å². The highest BCUT2D eigenvalue weighted by Gasteiger charge is 2.30. The summed E-state index contributed by atoms with van der Waals surface area (Å²) in [5, 5.41) is 6.11. The van der Waals surface area contributed by atoms with Gasteiger partial charge in [0.2, 0.25) is 5.95 Å². The van der Waals surface area contributed by atoms with Gasteiger partial charge in [-0.05, 0) is 19.9 Å². The minimum Gasteiger partial charge on any atom is -0.294 e. The number of fused-ring (bicyclic) bond motifs is 3. The lowest BCUT2D eigenvalue weighted by molar-refractivity contribution is 0.591. The Hall–Kier alpha value is -3.23. The van der Waals surface area contributed by atoms with Crippen molar-refractivity contribution in [3.05, 3.63) is 56.5 Å². The Morgan fingerprint density at radius 1 is 1.15 bits per heavy atom. The van der Waals surface area contributed by atoms with Crippen molar-refractivity contribution in [3.63, 3.8) is 0 Å². The van der Waals surface area contributed by atoms with Gasteiger partial charge < -0.3 is 0 Å². The number of halogens is 1. The second-order valence-corrected chi connectivity index (χ2v) is 6.73. The molecule has 4 rings (SSSR count). The first kappa shape index (κ1) is 17.2. The van der Waals surface area contributed by atoms with E-state index >= 15 is 0 Å². The van der Waals surface area contributed by atoms with E-state index in [0.29, 0.717) is 17.0 Å². The zero-order valence-corrected chi connectivity index (χ0v) is 15.5. The molecule has 2 aromatic heterocycles. The van der Waals surface area contributed by atoms with Gasteiger partial charge in [0.25, 0.3) is 5.56 Å². The molecule has 0 aliphatic carbocycles. The smallest absolute Gasteiger partial charge is 0.294 e. The summed E-state index contributed by atoms with van der Waals surface area (Å²) >= 11 is 0. The number of anilines is 1. The van der Waals surface area contributed by atoms with Crippen molar-refractivity contribution in [2.75, 3.05) is 5.01 Å². The largest absolute Gasteiger partial charge is 0.332 e.